The predicted molar refractivity (Wildman–Crippen MR) is 162 cm³/mol. The topological polar surface area (TPSA) is 90.3 Å². The van der Waals surface area contributed by atoms with E-state index in [1.165, 1.54) is 23.3 Å². The number of alkyl halides is 3. The molecule has 2 fully saturated rings. The quantitative estimate of drug-likeness (QED) is 0.225. The molecule has 2 saturated heterocycles. The SMILES string of the molecule is CN1c2ccccc2C(C(F)(F)F)=C(c2cccc3c(C[CH-]C(=O)O)cccc23)C1O.O=[C-]C1([C-](F)F)CCN(C2COC2)CC1.[Np]. The molecule has 0 aliphatic carbocycles. The van der Waals surface area contributed by atoms with Gasteiger partial charge < -0.3 is 33.4 Å². The number of likely N-dealkylation sites (N-methyl/N-ethyl adjacent to an activating group) is 1. The summed E-state index contributed by atoms with van der Waals surface area (Å²) in [6, 6.07) is 16.5. The largest absolute Gasteiger partial charge is 0.544 e. The number of allylic oxidation sites excluding steroid dienone is 1. The maximum atomic E-state index is 14.3. The van der Waals surface area contributed by atoms with Crippen LogP contribution in [-0.4, -0.2) is 79.2 Å². The van der Waals surface area contributed by atoms with Gasteiger partial charge in [0.2, 0.25) is 0 Å². The molecule has 6 rings (SSSR count). The summed E-state index contributed by atoms with van der Waals surface area (Å²) in [4.78, 5) is 25.1. The van der Waals surface area contributed by atoms with Crippen molar-refractivity contribution < 1.29 is 76.4 Å². The number of likely N-dealkylation sites (tertiary alicyclic amines) is 1. The number of piperidine rings is 1. The summed E-state index contributed by atoms with van der Waals surface area (Å²) in [7, 11) is 1.55. The van der Waals surface area contributed by atoms with Crippen molar-refractivity contribution >= 4 is 39.9 Å². The van der Waals surface area contributed by atoms with E-state index in [4.69, 9.17) is 9.84 Å². The molecule has 0 spiro atoms. The van der Waals surface area contributed by atoms with E-state index in [2.05, 4.69) is 4.90 Å². The van der Waals surface area contributed by atoms with Gasteiger partial charge in [-0.3, -0.25) is 22.4 Å². The number of aliphatic carboxylic acids is 1. The summed E-state index contributed by atoms with van der Waals surface area (Å²) in [6.45, 7) is 2.42. The number of nitrogens with zero attached hydrogens (tertiary/aromatic N) is 2. The van der Waals surface area contributed by atoms with Gasteiger partial charge in [-0.1, -0.05) is 73.0 Å². The molecule has 0 amide bonds. The predicted octanol–water partition coefficient (Wildman–Crippen LogP) is 5.92. The molecule has 251 valence electrons. The number of ether oxygens (including phenoxy) is 1. The molecule has 7 nitrogen and oxygen atoms in total. The number of carboxylic acid groups (broad SMARTS) is 1. The molecule has 3 aromatic rings. The van der Waals surface area contributed by atoms with Crippen LogP contribution in [0.5, 0.6) is 0 Å². The maximum absolute atomic E-state index is 14.3. The molecule has 13 heteroatoms. The van der Waals surface area contributed by atoms with E-state index in [1.807, 2.05) is 0 Å². The van der Waals surface area contributed by atoms with Gasteiger partial charge >= 0.3 is 6.18 Å². The van der Waals surface area contributed by atoms with Crippen LogP contribution in [0.4, 0.5) is 27.6 Å². The van der Waals surface area contributed by atoms with Gasteiger partial charge in [0.25, 0.3) is 0 Å². The molecule has 1 unspecified atom stereocenters. The zero-order chi connectivity index (χ0) is 33.2. The average Bonchev–Trinajstić information content (AvgIpc) is 3.00. The zero-order valence-electron chi connectivity index (χ0n) is 25.3. The monoisotopic (exact) mass is 879 g/mol. The number of aliphatic hydroxyl groups is 1. The second kappa shape index (κ2) is 15.1. The van der Waals surface area contributed by atoms with Crippen LogP contribution >= 0.6 is 0 Å². The van der Waals surface area contributed by atoms with E-state index in [-0.39, 0.29) is 65.9 Å². The molecule has 0 bridgehead atoms. The molecular weight excluding hydrogens is 848 g/mol. The minimum atomic E-state index is -4.69. The molecule has 3 aliphatic heterocycles. The van der Waals surface area contributed by atoms with Crippen LogP contribution in [0.2, 0.25) is 0 Å². The number of benzene rings is 3. The van der Waals surface area contributed by atoms with Crippen molar-refractivity contribution in [3.05, 3.63) is 90.2 Å². The van der Waals surface area contributed by atoms with Crippen molar-refractivity contribution in [3.8, 4) is 0 Å². The molecule has 3 aromatic carbocycles. The molecule has 2 N–H and O–H groups in total. The Morgan fingerprint density at radius 1 is 1.02 bits per heavy atom. The fourth-order valence-corrected chi connectivity index (χ4v) is 6.19. The number of anilines is 1. The molecule has 3 heterocycles. The summed E-state index contributed by atoms with van der Waals surface area (Å²) in [5, 5.41) is 21.1. The van der Waals surface area contributed by atoms with Crippen LogP contribution in [-0.2, 0) is 20.7 Å². The van der Waals surface area contributed by atoms with Gasteiger partial charge in [-0.05, 0) is 41.9 Å². The van der Waals surface area contributed by atoms with Crippen molar-refractivity contribution in [2.75, 3.05) is 38.3 Å². The number of halogens is 5. The molecule has 1 atom stereocenters. The Morgan fingerprint density at radius 3 is 2.21 bits per heavy atom. The standard InChI is InChI=1S/C24H19F3NO3.C10H13F2NO2.Np/c1-28-19-11-3-2-7-18(19)22(24(25,26)27)21(23(28)31)17-10-5-8-15-14(12-13-20(29)30)6-4-9-16(15)17;11-9(12)10(7-14)1-3-13(4-2-10)8-5-15-6-8;/h2-11,13,23,31H,12H2,1H3,(H,29,30);8H,1-6H2;/q-1;-2;. The Bertz CT molecular complexity index is 1620. The number of carbonyl (C=O) groups is 1. The van der Waals surface area contributed by atoms with Crippen LogP contribution < -0.4 is 4.90 Å². The summed E-state index contributed by atoms with van der Waals surface area (Å²) in [5.41, 5.74) is -1.46. The third kappa shape index (κ3) is 7.53. The first-order valence-electron chi connectivity index (χ1n) is 14.7. The van der Waals surface area contributed by atoms with Crippen LogP contribution in [0.15, 0.2) is 60.7 Å². The van der Waals surface area contributed by atoms with E-state index in [0.29, 0.717) is 54.4 Å². The van der Waals surface area contributed by atoms with Crippen LogP contribution in [0.25, 0.3) is 21.9 Å². The van der Waals surface area contributed by atoms with Crippen molar-refractivity contribution in [2.45, 2.75) is 37.7 Å². The van der Waals surface area contributed by atoms with Crippen molar-refractivity contribution in [1.82, 2.24) is 4.90 Å². The van der Waals surface area contributed by atoms with Gasteiger partial charge in [-0.25, -0.2) is 0 Å². The third-order valence-electron chi connectivity index (χ3n) is 8.88. The number of para-hydroxylation sites is 1. The van der Waals surface area contributed by atoms with E-state index >= 15 is 0 Å². The third-order valence-corrected chi connectivity index (χ3v) is 8.88. The Morgan fingerprint density at radius 2 is 1.64 bits per heavy atom. The first-order chi connectivity index (χ1) is 21.9. The van der Waals surface area contributed by atoms with Gasteiger partial charge in [0.05, 0.1) is 24.8 Å². The second-order valence-corrected chi connectivity index (χ2v) is 11.5. The molecular formula is C34H32F5N2NpO5-3. The maximum Gasteiger partial charge on any atom is 0.417 e. The van der Waals surface area contributed by atoms with E-state index in [1.54, 1.807) is 55.6 Å². The molecule has 1 radical (unpaired) electrons. The van der Waals surface area contributed by atoms with Gasteiger partial charge in [-0.2, -0.15) is 18.6 Å². The number of hydrogen-bond donors (Lipinski definition) is 2. The molecule has 47 heavy (non-hydrogen) atoms. The number of fused-ring (bicyclic) bond motifs is 2. The summed E-state index contributed by atoms with van der Waals surface area (Å²) in [5.74, 6) is -1.07. The normalized spacial score (nSPS) is 19.7. The minimum absolute atomic E-state index is 0. The van der Waals surface area contributed by atoms with Gasteiger partial charge in [0.1, 0.15) is 0 Å². The number of carboxylic acids is 1. The molecule has 3 aliphatic rings. The van der Waals surface area contributed by atoms with Crippen molar-refractivity contribution in [1.29, 1.82) is 0 Å². The Labute approximate surface area is 291 Å². The van der Waals surface area contributed by atoms with E-state index < -0.39 is 35.8 Å². The van der Waals surface area contributed by atoms with Crippen LogP contribution in [0.3, 0.4) is 0 Å². The number of hydrogen-bond acceptors (Lipinski definition) is 6. The second-order valence-electron chi connectivity index (χ2n) is 11.5. The fourth-order valence-electron chi connectivity index (χ4n) is 6.19. The summed E-state index contributed by atoms with van der Waals surface area (Å²) >= 11 is 0. The zero-order valence-corrected chi connectivity index (χ0v) is 29.0. The van der Waals surface area contributed by atoms with Gasteiger partial charge in [0.15, 0.2) is 12.2 Å². The fraction of sp³-hybridized carbons (Fsp3) is 0.353. The summed E-state index contributed by atoms with van der Waals surface area (Å²) < 4.78 is 73.1. The van der Waals surface area contributed by atoms with Gasteiger partial charge in [-0.15, -0.1) is 6.42 Å². The number of carbonyl (C=O) groups excluding carboxylic acids is 1. The van der Waals surface area contributed by atoms with Crippen LogP contribution in [0, 0.1) is 48.2 Å². The van der Waals surface area contributed by atoms with E-state index in [0.717, 1.165) is 6.42 Å². The Hall–Kier alpha value is -2.99. The van der Waals surface area contributed by atoms with Crippen molar-refractivity contribution in [3.63, 3.8) is 0 Å². The van der Waals surface area contributed by atoms with Gasteiger partial charge in [0, 0.05) is 53.8 Å². The Kier molecular flexibility index (Phi) is 11.8. The summed E-state index contributed by atoms with van der Waals surface area (Å²) in [6.07, 6.45) is -4.89. The smallest absolute Gasteiger partial charge is 0.417 e. The van der Waals surface area contributed by atoms with E-state index in [9.17, 15) is 36.6 Å². The Balaban J connectivity index is 0.000000262. The first-order valence-corrected chi connectivity index (χ1v) is 14.7. The first kappa shape index (κ1) is 36.8. The van der Waals surface area contributed by atoms with Crippen molar-refractivity contribution in [2.24, 2.45) is 5.41 Å². The molecule has 0 aromatic heterocycles. The number of aliphatic hydroxyl groups excluding tert-OH is 1. The minimum Gasteiger partial charge on any atom is -0.544 e. The molecule has 0 saturated carbocycles. The number of rotatable bonds is 7. The average molecular weight is 881 g/mol. The van der Waals surface area contributed by atoms with Crippen LogP contribution in [0.1, 0.15) is 29.5 Å².